The van der Waals surface area contributed by atoms with Gasteiger partial charge in [0.25, 0.3) is 0 Å². The minimum atomic E-state index is -3.82. The predicted octanol–water partition coefficient (Wildman–Crippen LogP) is 2.80. The Morgan fingerprint density at radius 3 is 2.63 bits per heavy atom. The van der Waals surface area contributed by atoms with Crippen molar-refractivity contribution in [1.82, 2.24) is 4.31 Å². The summed E-state index contributed by atoms with van der Waals surface area (Å²) >= 11 is 0. The maximum Gasteiger partial charge on any atom is 0.387 e. The third kappa shape index (κ3) is 5.53. The van der Waals surface area contributed by atoms with Gasteiger partial charge in [-0.3, -0.25) is 4.79 Å². The molecule has 0 spiro atoms. The Hall–Kier alpha value is -2.56. The van der Waals surface area contributed by atoms with Gasteiger partial charge in [-0.05, 0) is 42.3 Å². The van der Waals surface area contributed by atoms with Crippen LogP contribution in [0.4, 0.5) is 14.5 Å². The molecule has 0 atom stereocenters. The molecule has 0 unspecified atom stereocenters. The highest BCUT2D eigenvalue weighted by molar-refractivity contribution is 7.89. The third-order valence-corrected chi connectivity index (χ3v) is 6.43. The van der Waals surface area contributed by atoms with Gasteiger partial charge in [-0.2, -0.15) is 13.1 Å². The van der Waals surface area contributed by atoms with Crippen LogP contribution in [0.1, 0.15) is 11.1 Å². The molecule has 1 heterocycles. The standard InChI is InChI=1S/C20H22F2N2O5S/c1-14-5-6-17(18(11-14)30(26,27)24-7-9-28-10-8-24)23-19(25)13-15-3-2-4-16(12-15)29-20(21)22/h2-6,11-12,20H,7-10,13H2,1H3,(H,23,25). The molecule has 1 saturated heterocycles. The van der Waals surface area contributed by atoms with E-state index in [1.807, 2.05) is 0 Å². The smallest absolute Gasteiger partial charge is 0.387 e. The van der Waals surface area contributed by atoms with Gasteiger partial charge >= 0.3 is 6.61 Å². The van der Waals surface area contributed by atoms with Crippen LogP contribution in [0.15, 0.2) is 47.4 Å². The summed E-state index contributed by atoms with van der Waals surface area (Å²) in [6.07, 6.45) is -0.134. The zero-order chi connectivity index (χ0) is 21.7. The number of hydrogen-bond acceptors (Lipinski definition) is 5. The average molecular weight is 440 g/mol. The summed E-state index contributed by atoms with van der Waals surface area (Å²) in [5.74, 6) is -0.535. The van der Waals surface area contributed by atoms with Crippen LogP contribution in [-0.2, 0) is 26.0 Å². The number of alkyl halides is 2. The Labute approximate surface area is 173 Å². The molecule has 162 valence electrons. The molecule has 2 aromatic rings. The van der Waals surface area contributed by atoms with Crippen LogP contribution in [0.2, 0.25) is 0 Å². The second-order valence-electron chi connectivity index (χ2n) is 6.77. The first kappa shape index (κ1) is 22.1. The van der Waals surface area contributed by atoms with Gasteiger partial charge < -0.3 is 14.8 Å². The quantitative estimate of drug-likeness (QED) is 0.716. The summed E-state index contributed by atoms with van der Waals surface area (Å²) < 4.78 is 61.8. The lowest BCUT2D eigenvalue weighted by Crippen LogP contribution is -2.41. The van der Waals surface area contributed by atoms with Crippen LogP contribution in [0, 0.1) is 6.92 Å². The Morgan fingerprint density at radius 2 is 1.93 bits per heavy atom. The molecule has 0 aliphatic carbocycles. The fraction of sp³-hybridized carbons (Fsp3) is 0.350. The van der Waals surface area contributed by atoms with E-state index in [2.05, 4.69) is 10.1 Å². The van der Waals surface area contributed by atoms with Crippen molar-refractivity contribution < 1.29 is 31.5 Å². The molecule has 0 radical (unpaired) electrons. The lowest BCUT2D eigenvalue weighted by molar-refractivity contribution is -0.115. The molecule has 0 aromatic heterocycles. The molecule has 1 aliphatic rings. The second-order valence-corrected chi connectivity index (χ2v) is 8.67. The molecule has 7 nitrogen and oxygen atoms in total. The molecule has 1 fully saturated rings. The number of rotatable bonds is 7. The monoisotopic (exact) mass is 440 g/mol. The van der Waals surface area contributed by atoms with E-state index in [1.165, 1.54) is 34.6 Å². The maximum atomic E-state index is 13.1. The number of ether oxygens (including phenoxy) is 2. The number of hydrogen-bond donors (Lipinski definition) is 1. The molecular weight excluding hydrogens is 418 g/mol. The zero-order valence-corrected chi connectivity index (χ0v) is 17.1. The van der Waals surface area contributed by atoms with E-state index in [4.69, 9.17) is 4.74 Å². The second kappa shape index (κ2) is 9.50. The van der Waals surface area contributed by atoms with Crippen LogP contribution in [-0.4, -0.2) is 51.5 Å². The highest BCUT2D eigenvalue weighted by Crippen LogP contribution is 2.27. The maximum absolute atomic E-state index is 13.1. The number of aryl methyl sites for hydroxylation is 1. The van der Waals surface area contributed by atoms with Crippen molar-refractivity contribution in [2.24, 2.45) is 0 Å². The van der Waals surface area contributed by atoms with Crippen molar-refractivity contribution in [2.75, 3.05) is 31.6 Å². The van der Waals surface area contributed by atoms with E-state index in [9.17, 15) is 22.0 Å². The van der Waals surface area contributed by atoms with E-state index >= 15 is 0 Å². The Bertz CT molecular complexity index is 1010. The first-order valence-corrected chi connectivity index (χ1v) is 10.7. The number of halogens is 2. The van der Waals surface area contributed by atoms with Crippen LogP contribution >= 0.6 is 0 Å². The molecule has 0 saturated carbocycles. The number of amides is 1. The number of carbonyl (C=O) groups excluding carboxylic acids is 1. The number of nitrogens with zero attached hydrogens (tertiary/aromatic N) is 1. The summed E-state index contributed by atoms with van der Waals surface area (Å²) in [4.78, 5) is 12.5. The van der Waals surface area contributed by atoms with Gasteiger partial charge in [-0.15, -0.1) is 0 Å². The van der Waals surface area contributed by atoms with E-state index in [-0.39, 0.29) is 35.8 Å². The lowest BCUT2D eigenvalue weighted by atomic mass is 10.1. The number of carbonyl (C=O) groups is 1. The van der Waals surface area contributed by atoms with Gasteiger partial charge in [0, 0.05) is 13.1 Å². The molecular formula is C20H22F2N2O5S. The minimum Gasteiger partial charge on any atom is -0.435 e. The summed E-state index contributed by atoms with van der Waals surface area (Å²) in [6, 6.07) is 10.5. The number of anilines is 1. The fourth-order valence-electron chi connectivity index (χ4n) is 3.08. The Morgan fingerprint density at radius 1 is 1.20 bits per heavy atom. The topological polar surface area (TPSA) is 84.9 Å². The fourth-order valence-corrected chi connectivity index (χ4v) is 4.72. The van der Waals surface area contributed by atoms with E-state index < -0.39 is 22.5 Å². The molecule has 0 bridgehead atoms. The van der Waals surface area contributed by atoms with Crippen molar-refractivity contribution in [3.63, 3.8) is 0 Å². The van der Waals surface area contributed by atoms with E-state index in [0.717, 1.165) is 5.56 Å². The lowest BCUT2D eigenvalue weighted by Gasteiger charge is -2.27. The molecule has 1 N–H and O–H groups in total. The SMILES string of the molecule is Cc1ccc(NC(=O)Cc2cccc(OC(F)F)c2)c(S(=O)(=O)N2CCOCC2)c1. The van der Waals surface area contributed by atoms with Crippen molar-refractivity contribution in [3.8, 4) is 5.75 Å². The van der Waals surface area contributed by atoms with Gasteiger partial charge in [0.1, 0.15) is 10.6 Å². The van der Waals surface area contributed by atoms with Gasteiger partial charge in [-0.1, -0.05) is 18.2 Å². The van der Waals surface area contributed by atoms with Crippen LogP contribution in [0.25, 0.3) is 0 Å². The van der Waals surface area contributed by atoms with Crippen molar-refractivity contribution in [2.45, 2.75) is 24.9 Å². The third-order valence-electron chi connectivity index (χ3n) is 4.49. The first-order valence-electron chi connectivity index (χ1n) is 9.28. The Balaban J connectivity index is 1.79. The van der Waals surface area contributed by atoms with E-state index in [0.29, 0.717) is 18.8 Å². The summed E-state index contributed by atoms with van der Waals surface area (Å²) in [7, 11) is -3.82. The minimum absolute atomic E-state index is 0.00698. The largest absolute Gasteiger partial charge is 0.435 e. The Kier molecular flexibility index (Phi) is 7.01. The van der Waals surface area contributed by atoms with Crippen LogP contribution in [0.5, 0.6) is 5.75 Å². The van der Waals surface area contributed by atoms with E-state index in [1.54, 1.807) is 19.1 Å². The summed E-state index contributed by atoms with van der Waals surface area (Å²) in [6.45, 7) is -0.109. The van der Waals surface area contributed by atoms with Crippen LogP contribution in [0.3, 0.4) is 0 Å². The molecule has 30 heavy (non-hydrogen) atoms. The molecule has 1 aliphatic heterocycles. The number of sulfonamides is 1. The predicted molar refractivity (Wildman–Crippen MR) is 106 cm³/mol. The van der Waals surface area contributed by atoms with Crippen molar-refractivity contribution in [1.29, 1.82) is 0 Å². The molecule has 10 heteroatoms. The normalized spacial score (nSPS) is 15.2. The number of nitrogens with one attached hydrogen (secondary N) is 1. The average Bonchev–Trinajstić information content (AvgIpc) is 2.69. The molecule has 3 rings (SSSR count). The first-order chi connectivity index (χ1) is 14.3. The highest BCUT2D eigenvalue weighted by atomic mass is 32.2. The van der Waals surface area contributed by atoms with Gasteiger partial charge in [-0.25, -0.2) is 8.42 Å². The van der Waals surface area contributed by atoms with Gasteiger partial charge in [0.2, 0.25) is 15.9 Å². The van der Waals surface area contributed by atoms with Crippen LogP contribution < -0.4 is 10.1 Å². The van der Waals surface area contributed by atoms with Gasteiger partial charge in [0.05, 0.1) is 25.3 Å². The number of benzene rings is 2. The van der Waals surface area contributed by atoms with Crippen molar-refractivity contribution in [3.05, 3.63) is 53.6 Å². The molecule has 1 amide bonds. The van der Waals surface area contributed by atoms with Crippen molar-refractivity contribution >= 4 is 21.6 Å². The summed E-state index contributed by atoms with van der Waals surface area (Å²) in [5.41, 5.74) is 1.35. The highest BCUT2D eigenvalue weighted by Gasteiger charge is 2.29. The number of morpholine rings is 1. The summed E-state index contributed by atoms with van der Waals surface area (Å²) in [5, 5.41) is 2.63. The molecule has 2 aromatic carbocycles. The zero-order valence-electron chi connectivity index (χ0n) is 16.3. The van der Waals surface area contributed by atoms with Gasteiger partial charge in [0.15, 0.2) is 0 Å².